The number of halogens is 1. The van der Waals surface area contributed by atoms with E-state index in [0.717, 1.165) is 80.2 Å². The number of likely N-dealkylation sites (tertiary alicyclic amines) is 2. The van der Waals surface area contributed by atoms with E-state index in [1.54, 1.807) is 0 Å². The number of carbonyl (C=O) groups is 1. The minimum Gasteiger partial charge on any atom is -0.375 e. The van der Waals surface area contributed by atoms with E-state index >= 15 is 0 Å². The lowest BCUT2D eigenvalue weighted by Gasteiger charge is -2.35. The summed E-state index contributed by atoms with van der Waals surface area (Å²) in [7, 11) is 0. The predicted molar refractivity (Wildman–Crippen MR) is 159 cm³/mol. The highest BCUT2D eigenvalue weighted by atomic mass is 35.5. The van der Waals surface area contributed by atoms with E-state index in [0.29, 0.717) is 18.5 Å². The second-order valence-electron chi connectivity index (χ2n) is 10.2. The summed E-state index contributed by atoms with van der Waals surface area (Å²) in [6, 6.07) is 2.53. The van der Waals surface area contributed by atoms with Crippen LogP contribution in [-0.2, 0) is 4.79 Å². The van der Waals surface area contributed by atoms with Crippen molar-refractivity contribution < 1.29 is 4.79 Å². The fourth-order valence-electron chi connectivity index (χ4n) is 5.64. The second kappa shape index (κ2) is 13.3. The zero-order chi connectivity index (χ0) is 27.1. The van der Waals surface area contributed by atoms with Crippen LogP contribution in [0.25, 0.3) is 16.6 Å². The average Bonchev–Trinajstić information content (AvgIpc) is 3.21. The number of rotatable bonds is 6. The van der Waals surface area contributed by atoms with Gasteiger partial charge in [0.05, 0.1) is 18.3 Å². The Hall–Kier alpha value is -2.83. The fourth-order valence-corrected chi connectivity index (χ4v) is 5.79. The molecule has 0 radical (unpaired) electrons. The average molecular weight is 536 g/mol. The number of piperidine rings is 2. The molecule has 6 nitrogen and oxygen atoms in total. The van der Waals surface area contributed by atoms with Crippen LogP contribution in [0.1, 0.15) is 64.4 Å². The third kappa shape index (κ3) is 6.59. The molecule has 2 aromatic rings. The molecule has 0 saturated carbocycles. The summed E-state index contributed by atoms with van der Waals surface area (Å²) < 4.78 is 2.22. The number of hydrogen-bond acceptors (Lipinski definition) is 4. The van der Waals surface area contributed by atoms with Crippen LogP contribution in [0.3, 0.4) is 0 Å². The first kappa shape index (κ1) is 28.2. The minimum absolute atomic E-state index is 0.222. The fraction of sp³-hybridized carbons (Fsp3) is 0.484. The Morgan fingerprint density at radius 3 is 2.53 bits per heavy atom. The van der Waals surface area contributed by atoms with Crippen molar-refractivity contribution in [1.29, 1.82) is 0 Å². The third-order valence-corrected chi connectivity index (χ3v) is 8.10. The first-order valence-electron chi connectivity index (χ1n) is 14.1. The van der Waals surface area contributed by atoms with E-state index in [-0.39, 0.29) is 5.91 Å². The van der Waals surface area contributed by atoms with Crippen LogP contribution in [0.5, 0.6) is 0 Å². The zero-order valence-corrected chi connectivity index (χ0v) is 23.9. The summed E-state index contributed by atoms with van der Waals surface area (Å²) in [5, 5.41) is 5.58. The van der Waals surface area contributed by atoms with E-state index < -0.39 is 0 Å². The van der Waals surface area contributed by atoms with Crippen molar-refractivity contribution in [1.82, 2.24) is 24.7 Å². The molecule has 0 spiro atoms. The zero-order valence-electron chi connectivity index (χ0n) is 23.1. The van der Waals surface area contributed by atoms with Gasteiger partial charge in [0.2, 0.25) is 5.91 Å². The van der Waals surface area contributed by atoms with Crippen LogP contribution in [0.15, 0.2) is 66.3 Å². The van der Waals surface area contributed by atoms with Gasteiger partial charge in [-0.2, -0.15) is 0 Å². The van der Waals surface area contributed by atoms with Crippen LogP contribution < -0.4 is 5.32 Å². The topological polar surface area (TPSA) is 53.4 Å². The normalized spacial score (nSPS) is 18.9. The standard InChI is InChI=1S/C29H36ClN5O.C2H6/c1-21(2)33-16-11-24(12-17-33)32-19-29(36)34-14-9-22(10-15-34)27-20-35(28-18-31-13-8-26(27)28)25-5-3-4-23(30)6-7-25;1-2/h3,5-8,13,18,20,22,24,32H,1,4,9-12,14-17,19H2,2H3;1-2H3. The Labute approximate surface area is 232 Å². The van der Waals surface area contributed by atoms with Gasteiger partial charge in [-0.1, -0.05) is 38.1 Å². The van der Waals surface area contributed by atoms with Crippen molar-refractivity contribution in [2.24, 2.45) is 0 Å². The Kier molecular flexibility index (Phi) is 9.86. The van der Waals surface area contributed by atoms with Gasteiger partial charge in [-0.3, -0.25) is 9.78 Å². The molecule has 2 aliphatic heterocycles. The van der Waals surface area contributed by atoms with E-state index in [1.165, 1.54) is 10.9 Å². The highest BCUT2D eigenvalue weighted by Gasteiger charge is 2.27. The number of aromatic nitrogens is 2. The van der Waals surface area contributed by atoms with Crippen molar-refractivity contribution in [3.8, 4) is 0 Å². The molecule has 4 heterocycles. The number of nitrogens with one attached hydrogen (secondary N) is 1. The van der Waals surface area contributed by atoms with Crippen molar-refractivity contribution in [3.63, 3.8) is 0 Å². The van der Waals surface area contributed by atoms with Gasteiger partial charge < -0.3 is 19.7 Å². The maximum absolute atomic E-state index is 12.9. The molecule has 7 heteroatoms. The molecule has 0 aromatic carbocycles. The molecule has 204 valence electrons. The Balaban J connectivity index is 0.00000164. The van der Waals surface area contributed by atoms with Gasteiger partial charge >= 0.3 is 0 Å². The minimum atomic E-state index is 0.222. The molecule has 0 bridgehead atoms. The molecule has 0 atom stereocenters. The van der Waals surface area contributed by atoms with Crippen molar-refractivity contribution >= 4 is 34.1 Å². The number of hydrogen-bond donors (Lipinski definition) is 1. The molecule has 2 aromatic heterocycles. The molecular weight excluding hydrogens is 494 g/mol. The lowest BCUT2D eigenvalue weighted by Crippen LogP contribution is -2.47. The summed E-state index contributed by atoms with van der Waals surface area (Å²) in [5.74, 6) is 0.647. The first-order valence-corrected chi connectivity index (χ1v) is 14.5. The van der Waals surface area contributed by atoms with Gasteiger partial charge in [-0.25, -0.2) is 0 Å². The molecule has 1 aliphatic carbocycles. The van der Waals surface area contributed by atoms with Crippen LogP contribution in [-0.4, -0.2) is 64.0 Å². The lowest BCUT2D eigenvalue weighted by atomic mass is 9.89. The van der Waals surface area contributed by atoms with Gasteiger partial charge in [0.25, 0.3) is 0 Å². The molecule has 2 fully saturated rings. The van der Waals surface area contributed by atoms with Gasteiger partial charge in [0.15, 0.2) is 0 Å². The molecule has 0 unspecified atom stereocenters. The summed E-state index contributed by atoms with van der Waals surface area (Å²) in [6.07, 6.45) is 19.2. The molecule has 1 amide bonds. The number of amides is 1. The highest BCUT2D eigenvalue weighted by molar-refractivity contribution is 6.29. The number of pyridine rings is 1. The van der Waals surface area contributed by atoms with Crippen molar-refractivity contribution in [3.05, 3.63) is 71.8 Å². The third-order valence-electron chi connectivity index (χ3n) is 7.82. The monoisotopic (exact) mass is 535 g/mol. The van der Waals surface area contributed by atoms with Crippen molar-refractivity contribution in [2.75, 3.05) is 32.7 Å². The molecule has 3 aliphatic rings. The van der Waals surface area contributed by atoms with E-state index in [2.05, 4.69) is 63.8 Å². The molecule has 38 heavy (non-hydrogen) atoms. The second-order valence-corrected chi connectivity index (χ2v) is 10.7. The summed E-state index contributed by atoms with van der Waals surface area (Å²) in [4.78, 5) is 21.7. The Morgan fingerprint density at radius 1 is 1.11 bits per heavy atom. The number of fused-ring (bicyclic) bond motifs is 1. The van der Waals surface area contributed by atoms with Gasteiger partial charge in [-0.15, -0.1) is 0 Å². The maximum Gasteiger partial charge on any atom is 0.236 e. The molecule has 1 N–H and O–H groups in total. The number of carbonyl (C=O) groups excluding carboxylic acids is 1. The molecular formula is C31H42ClN5O. The lowest BCUT2D eigenvalue weighted by molar-refractivity contribution is -0.131. The van der Waals surface area contributed by atoms with Gasteiger partial charge in [-0.05, 0) is 68.4 Å². The van der Waals surface area contributed by atoms with Gasteiger partial charge in [0, 0.05) is 72.8 Å². The van der Waals surface area contributed by atoms with Crippen molar-refractivity contribution in [2.45, 2.75) is 64.8 Å². The number of allylic oxidation sites excluding steroid dienone is 7. The predicted octanol–water partition coefficient (Wildman–Crippen LogP) is 6.28. The summed E-state index contributed by atoms with van der Waals surface area (Å²) in [5.41, 5.74) is 4.67. The number of nitrogens with zero attached hydrogens (tertiary/aromatic N) is 4. The van der Waals surface area contributed by atoms with Gasteiger partial charge in [0.1, 0.15) is 0 Å². The van der Waals surface area contributed by atoms with E-state index in [4.69, 9.17) is 11.6 Å². The Bertz CT molecular complexity index is 1210. The molecule has 5 rings (SSSR count). The quantitative estimate of drug-likeness (QED) is 0.473. The van der Waals surface area contributed by atoms with Crippen LogP contribution in [0, 0.1) is 0 Å². The van der Waals surface area contributed by atoms with E-state index in [1.807, 2.05) is 37.2 Å². The highest BCUT2D eigenvalue weighted by Crippen LogP contribution is 2.36. The van der Waals surface area contributed by atoms with E-state index in [9.17, 15) is 4.79 Å². The largest absolute Gasteiger partial charge is 0.375 e. The Morgan fingerprint density at radius 2 is 1.82 bits per heavy atom. The smallest absolute Gasteiger partial charge is 0.236 e. The summed E-state index contributed by atoms with van der Waals surface area (Å²) in [6.45, 7) is 14.2. The maximum atomic E-state index is 12.9. The van der Waals surface area contributed by atoms with Crippen LogP contribution in [0.2, 0.25) is 0 Å². The SMILES string of the molecule is C=C(C)N1CCC(NCC(=O)N2CCC(c3cn(C4=CC=C(Cl)CC=C4)c4cnccc34)CC2)CC1.CC. The summed E-state index contributed by atoms with van der Waals surface area (Å²) >= 11 is 6.24. The van der Waals surface area contributed by atoms with Crippen LogP contribution >= 0.6 is 11.6 Å². The first-order chi connectivity index (χ1) is 18.5. The molecule has 2 saturated heterocycles. The van der Waals surface area contributed by atoms with Crippen LogP contribution in [0.4, 0.5) is 0 Å².